The van der Waals surface area contributed by atoms with Gasteiger partial charge in [0.1, 0.15) is 18.8 Å². The maximum Gasteiger partial charge on any atom is 0.417 e. The van der Waals surface area contributed by atoms with E-state index in [4.69, 9.17) is 28.3 Å². The molecule has 3 aliphatic heterocycles. The molecule has 5 rings (SSSR count). The first-order valence-corrected chi connectivity index (χ1v) is 10.7. The number of hydrogen-bond acceptors (Lipinski definition) is 5. The van der Waals surface area contributed by atoms with Crippen molar-refractivity contribution < 1.29 is 14.2 Å². The second-order valence-electron chi connectivity index (χ2n) is 7.74. The van der Waals surface area contributed by atoms with Crippen LogP contribution in [0.5, 0.6) is 0 Å². The number of urea groups is 1. The van der Waals surface area contributed by atoms with Crippen molar-refractivity contribution in [1.29, 1.82) is 0 Å². The van der Waals surface area contributed by atoms with Crippen molar-refractivity contribution in [1.82, 2.24) is 14.8 Å². The number of imide groups is 1. The standard InChI is InChI=1S/C22H19Cl2N6O2/c1-27-19-18(20(31)28(2)22(27)32)29-12-17(13-7-9-15(23)10-8-13)26-30(21(29)25-19)11-14-5-3-4-6-16(14)24/h3-10,18H,11-12H2,1-2H3/q+1. The van der Waals surface area contributed by atoms with Crippen LogP contribution in [0.4, 0.5) is 4.79 Å². The summed E-state index contributed by atoms with van der Waals surface area (Å²) in [6.07, 6.45) is 0. The number of guanidine groups is 1. The quantitative estimate of drug-likeness (QED) is 0.648. The zero-order valence-corrected chi connectivity index (χ0v) is 18.9. The maximum absolute atomic E-state index is 13.1. The second kappa shape index (κ2) is 7.72. The van der Waals surface area contributed by atoms with Crippen molar-refractivity contribution in [3.63, 3.8) is 0 Å². The van der Waals surface area contributed by atoms with Gasteiger partial charge in [-0.3, -0.25) is 14.6 Å². The van der Waals surface area contributed by atoms with Crippen molar-refractivity contribution in [3.8, 4) is 0 Å². The monoisotopic (exact) mass is 469 g/mol. The molecule has 1 saturated heterocycles. The molecule has 1 fully saturated rings. The first-order valence-electron chi connectivity index (χ1n) is 9.97. The lowest BCUT2D eigenvalue weighted by Gasteiger charge is -2.32. The number of hydrazone groups is 1. The number of benzene rings is 2. The Labute approximate surface area is 194 Å². The lowest BCUT2D eigenvalue weighted by atomic mass is 10.1. The van der Waals surface area contributed by atoms with Crippen molar-refractivity contribution in [2.75, 3.05) is 20.6 Å². The van der Waals surface area contributed by atoms with E-state index in [1.165, 1.54) is 11.9 Å². The molecule has 2 aromatic carbocycles. The molecule has 32 heavy (non-hydrogen) atoms. The Morgan fingerprint density at radius 1 is 1.03 bits per heavy atom. The number of nitrogens with zero attached hydrogens (tertiary/aromatic N) is 6. The van der Waals surface area contributed by atoms with Gasteiger partial charge in [0.05, 0.1) is 0 Å². The largest absolute Gasteiger partial charge is 0.417 e. The van der Waals surface area contributed by atoms with E-state index in [2.05, 4.69) is 4.99 Å². The molecule has 0 radical (unpaired) electrons. The topological polar surface area (TPSA) is 71.6 Å². The molecule has 3 amide bonds. The van der Waals surface area contributed by atoms with Crippen molar-refractivity contribution >= 4 is 52.6 Å². The van der Waals surface area contributed by atoms with Gasteiger partial charge in [-0.1, -0.05) is 58.5 Å². The molecule has 0 spiro atoms. The summed E-state index contributed by atoms with van der Waals surface area (Å²) >= 11 is 12.5. The maximum atomic E-state index is 13.1. The number of fused-ring (bicyclic) bond motifs is 2. The van der Waals surface area contributed by atoms with E-state index >= 15 is 0 Å². The molecular formula is C22H19Cl2N6O2+. The fourth-order valence-corrected chi connectivity index (χ4v) is 4.34. The first-order chi connectivity index (χ1) is 15.3. The Hall–Kier alpha value is -3.23. The summed E-state index contributed by atoms with van der Waals surface area (Å²) < 4.78 is 1.88. The zero-order chi connectivity index (χ0) is 22.6. The van der Waals surface area contributed by atoms with E-state index in [0.29, 0.717) is 34.9 Å². The van der Waals surface area contributed by atoms with E-state index in [0.717, 1.165) is 21.7 Å². The number of carbonyl (C=O) groups is 2. The second-order valence-corrected chi connectivity index (χ2v) is 8.59. The fraction of sp³-hybridized carbons (Fsp3) is 0.227. The number of rotatable bonds is 3. The molecule has 0 bridgehead atoms. The first kappa shape index (κ1) is 20.7. The Bertz CT molecular complexity index is 1240. The van der Waals surface area contributed by atoms with Crippen molar-refractivity contribution in [2.45, 2.75) is 12.6 Å². The van der Waals surface area contributed by atoms with Crippen LogP contribution in [0, 0.1) is 0 Å². The van der Waals surface area contributed by atoms with Gasteiger partial charge in [-0.05, 0) is 18.2 Å². The molecular weight excluding hydrogens is 451 g/mol. The smallest absolute Gasteiger partial charge is 0.270 e. The average Bonchev–Trinajstić information content (AvgIpc) is 3.18. The molecule has 1 atom stereocenters. The fourth-order valence-electron chi connectivity index (χ4n) is 4.02. The van der Waals surface area contributed by atoms with Crippen LogP contribution >= 0.6 is 23.2 Å². The van der Waals surface area contributed by atoms with Gasteiger partial charge >= 0.3 is 12.0 Å². The number of likely N-dealkylation sites (N-methyl/N-ethyl adjacent to an activating group) is 2. The normalized spacial score (nSPS) is 20.4. The molecule has 3 heterocycles. The van der Waals surface area contributed by atoms with Crippen LogP contribution in [0.15, 0.2) is 58.6 Å². The molecule has 0 aromatic heterocycles. The van der Waals surface area contributed by atoms with E-state index in [9.17, 15) is 9.59 Å². The van der Waals surface area contributed by atoms with Crippen LogP contribution in [-0.4, -0.2) is 75.5 Å². The van der Waals surface area contributed by atoms with Gasteiger partial charge in [-0.15, -0.1) is 10.1 Å². The van der Waals surface area contributed by atoms with Gasteiger partial charge in [0.25, 0.3) is 5.91 Å². The highest BCUT2D eigenvalue weighted by molar-refractivity contribution is 6.31. The highest BCUT2D eigenvalue weighted by atomic mass is 35.5. The van der Waals surface area contributed by atoms with Crippen molar-refractivity contribution in [3.05, 3.63) is 69.7 Å². The molecule has 0 N–H and O–H groups in total. The number of carbonyl (C=O) groups excluding carboxylic acids is 2. The zero-order valence-electron chi connectivity index (χ0n) is 17.4. The summed E-state index contributed by atoms with van der Waals surface area (Å²) in [4.78, 5) is 32.7. The molecule has 10 heteroatoms. The van der Waals surface area contributed by atoms with Crippen LogP contribution in [0.2, 0.25) is 10.0 Å². The van der Waals surface area contributed by atoms with Crippen LogP contribution in [0.1, 0.15) is 11.1 Å². The molecule has 0 aliphatic carbocycles. The Balaban J connectivity index is 1.60. The molecule has 162 valence electrons. The Morgan fingerprint density at radius 3 is 2.47 bits per heavy atom. The summed E-state index contributed by atoms with van der Waals surface area (Å²) in [5.74, 6) is 0.577. The van der Waals surface area contributed by atoms with E-state index in [1.807, 2.05) is 41.0 Å². The molecule has 0 saturated carbocycles. The van der Waals surface area contributed by atoms with Gasteiger partial charge in [-0.25, -0.2) is 9.37 Å². The highest BCUT2D eigenvalue weighted by Gasteiger charge is 2.54. The molecule has 3 aliphatic rings. The Kier molecular flexibility index (Phi) is 4.98. The third-order valence-electron chi connectivity index (χ3n) is 5.76. The van der Waals surface area contributed by atoms with Crippen LogP contribution in [0.3, 0.4) is 0 Å². The Morgan fingerprint density at radius 2 is 1.75 bits per heavy atom. The predicted molar refractivity (Wildman–Crippen MR) is 122 cm³/mol. The van der Waals surface area contributed by atoms with Gasteiger partial charge in [0, 0.05) is 35.3 Å². The predicted octanol–water partition coefficient (Wildman–Crippen LogP) is 2.89. The summed E-state index contributed by atoms with van der Waals surface area (Å²) in [7, 11) is 3.10. The highest BCUT2D eigenvalue weighted by Crippen LogP contribution is 2.26. The molecule has 8 nitrogen and oxygen atoms in total. The lowest BCUT2D eigenvalue weighted by Crippen LogP contribution is -2.62. The molecule has 2 aromatic rings. The van der Waals surface area contributed by atoms with Gasteiger partial charge < -0.3 is 0 Å². The van der Waals surface area contributed by atoms with E-state index in [-0.39, 0.29) is 5.91 Å². The summed E-state index contributed by atoms with van der Waals surface area (Å²) in [6, 6.07) is 13.8. The van der Waals surface area contributed by atoms with Crippen LogP contribution < -0.4 is 0 Å². The van der Waals surface area contributed by atoms with E-state index < -0.39 is 12.1 Å². The van der Waals surface area contributed by atoms with Crippen molar-refractivity contribution in [2.24, 2.45) is 10.1 Å². The van der Waals surface area contributed by atoms with Gasteiger partial charge in [-0.2, -0.15) is 0 Å². The molecule has 1 unspecified atom stereocenters. The minimum Gasteiger partial charge on any atom is -0.270 e. The summed E-state index contributed by atoms with van der Waals surface area (Å²) in [5, 5.41) is 7.81. The van der Waals surface area contributed by atoms with Crippen LogP contribution in [-0.2, 0) is 11.3 Å². The van der Waals surface area contributed by atoms with Gasteiger partial charge in [0.2, 0.25) is 11.9 Å². The van der Waals surface area contributed by atoms with E-state index in [1.54, 1.807) is 24.2 Å². The number of aliphatic imine (C=N–C) groups is 1. The third kappa shape index (κ3) is 3.27. The minimum absolute atomic E-state index is 0.322. The number of amides is 3. The number of halogens is 2. The average molecular weight is 470 g/mol. The SMILES string of the molecule is CN1C(=O)C2C(=NC3=[N+]2CC(c2ccc(Cl)cc2)=NN3Cc2ccccc2Cl)N(C)C1=O. The number of amidine groups is 1. The van der Waals surface area contributed by atoms with Crippen LogP contribution in [0.25, 0.3) is 0 Å². The minimum atomic E-state index is -0.704. The summed E-state index contributed by atoms with van der Waals surface area (Å²) in [6.45, 7) is 0.711. The lowest BCUT2D eigenvalue weighted by molar-refractivity contribution is -0.527. The summed E-state index contributed by atoms with van der Waals surface area (Å²) in [5.41, 5.74) is 2.50. The van der Waals surface area contributed by atoms with Gasteiger partial charge in [0.15, 0.2) is 0 Å². The number of hydrogen-bond donors (Lipinski definition) is 0. The third-order valence-corrected chi connectivity index (χ3v) is 6.38.